The molecule has 0 fully saturated rings. The second-order valence-electron chi connectivity index (χ2n) is 4.48. The Kier molecular flexibility index (Phi) is 4.48. The fourth-order valence-electron chi connectivity index (χ4n) is 2.04. The van der Waals surface area contributed by atoms with E-state index < -0.39 is 11.6 Å². The van der Waals surface area contributed by atoms with Crippen LogP contribution in [0.1, 0.15) is 21.5 Å². The van der Waals surface area contributed by atoms with Crippen LogP contribution in [0.25, 0.3) is 0 Å². The van der Waals surface area contributed by atoms with Crippen molar-refractivity contribution in [3.05, 3.63) is 57.9 Å². The number of methoxy groups -OCH3 is 2. The Balaban J connectivity index is 2.55. The summed E-state index contributed by atoms with van der Waals surface area (Å²) in [5.41, 5.74) is 0.934. The summed E-state index contributed by atoms with van der Waals surface area (Å²) in [4.78, 5) is 12.5. The molecule has 0 unspecified atom stereocenters. The molecule has 110 valence electrons. The van der Waals surface area contributed by atoms with Crippen LogP contribution in [0.2, 0.25) is 5.02 Å². The second-order valence-corrected chi connectivity index (χ2v) is 4.91. The zero-order chi connectivity index (χ0) is 15.6. The molecule has 0 aromatic heterocycles. The Labute approximate surface area is 127 Å². The highest BCUT2D eigenvalue weighted by atomic mass is 35.5. The van der Waals surface area contributed by atoms with E-state index >= 15 is 0 Å². The molecule has 0 saturated carbocycles. The van der Waals surface area contributed by atoms with Gasteiger partial charge in [-0.25, -0.2) is 4.39 Å². The van der Waals surface area contributed by atoms with Crippen LogP contribution in [-0.4, -0.2) is 20.0 Å². The molecular formula is C16H14ClFO3. The Bertz CT molecular complexity index is 698. The van der Waals surface area contributed by atoms with Crippen LogP contribution in [-0.2, 0) is 0 Å². The average Bonchev–Trinajstić information content (AvgIpc) is 2.48. The molecule has 0 heterocycles. The zero-order valence-electron chi connectivity index (χ0n) is 11.9. The van der Waals surface area contributed by atoms with Crippen molar-refractivity contribution in [3.63, 3.8) is 0 Å². The number of carbonyl (C=O) groups is 1. The van der Waals surface area contributed by atoms with Gasteiger partial charge in [-0.1, -0.05) is 11.6 Å². The molecule has 0 atom stereocenters. The Morgan fingerprint density at radius 2 is 1.67 bits per heavy atom. The first-order valence-corrected chi connectivity index (χ1v) is 6.58. The average molecular weight is 309 g/mol. The fourth-order valence-corrected chi connectivity index (χ4v) is 2.21. The molecule has 0 amide bonds. The van der Waals surface area contributed by atoms with Crippen molar-refractivity contribution in [3.8, 4) is 11.5 Å². The summed E-state index contributed by atoms with van der Waals surface area (Å²) in [5.74, 6) is -0.140. The lowest BCUT2D eigenvalue weighted by Crippen LogP contribution is -2.07. The summed E-state index contributed by atoms with van der Waals surface area (Å²) in [6, 6.07) is 7.10. The van der Waals surface area contributed by atoms with Crippen molar-refractivity contribution < 1.29 is 18.7 Å². The van der Waals surface area contributed by atoms with Crippen molar-refractivity contribution >= 4 is 17.4 Å². The highest BCUT2D eigenvalue weighted by Gasteiger charge is 2.19. The summed E-state index contributed by atoms with van der Waals surface area (Å²) < 4.78 is 24.2. The maximum absolute atomic E-state index is 13.8. The molecule has 0 spiro atoms. The van der Waals surface area contributed by atoms with Gasteiger partial charge in [-0.2, -0.15) is 0 Å². The second kappa shape index (κ2) is 6.14. The topological polar surface area (TPSA) is 35.5 Å². The summed E-state index contributed by atoms with van der Waals surface area (Å²) in [7, 11) is 2.98. The predicted octanol–water partition coefficient (Wildman–Crippen LogP) is 4.04. The van der Waals surface area contributed by atoms with Gasteiger partial charge < -0.3 is 9.47 Å². The normalized spacial score (nSPS) is 10.3. The lowest BCUT2D eigenvalue weighted by Gasteiger charge is -2.12. The number of ether oxygens (including phenoxy) is 2. The van der Waals surface area contributed by atoms with E-state index in [1.165, 1.54) is 38.5 Å². The van der Waals surface area contributed by atoms with Crippen LogP contribution in [0.4, 0.5) is 4.39 Å². The van der Waals surface area contributed by atoms with Crippen LogP contribution in [0.3, 0.4) is 0 Å². The highest BCUT2D eigenvalue weighted by molar-refractivity contribution is 6.31. The standard InChI is InChI=1S/C16H14ClFO3/c1-9-6-14(20-2)15(21-3)8-11(9)16(19)12-7-10(17)4-5-13(12)18/h4-8H,1-3H3. The molecule has 2 aromatic rings. The molecule has 0 aliphatic carbocycles. The van der Waals surface area contributed by atoms with Gasteiger partial charge in [-0.3, -0.25) is 4.79 Å². The molecule has 21 heavy (non-hydrogen) atoms. The van der Waals surface area contributed by atoms with E-state index in [1.54, 1.807) is 13.0 Å². The van der Waals surface area contributed by atoms with Gasteiger partial charge in [-0.05, 0) is 42.8 Å². The number of ketones is 1. The molecule has 3 nitrogen and oxygen atoms in total. The number of benzene rings is 2. The third-order valence-electron chi connectivity index (χ3n) is 3.15. The minimum absolute atomic E-state index is 0.0715. The molecule has 0 radical (unpaired) electrons. The van der Waals surface area contributed by atoms with Crippen molar-refractivity contribution in [2.45, 2.75) is 6.92 Å². The fraction of sp³-hybridized carbons (Fsp3) is 0.188. The number of hydrogen-bond donors (Lipinski definition) is 0. The smallest absolute Gasteiger partial charge is 0.196 e. The number of halogens is 2. The van der Waals surface area contributed by atoms with Gasteiger partial charge in [-0.15, -0.1) is 0 Å². The van der Waals surface area contributed by atoms with Crippen LogP contribution in [0, 0.1) is 12.7 Å². The minimum atomic E-state index is -0.612. The van der Waals surface area contributed by atoms with Crippen molar-refractivity contribution in [1.29, 1.82) is 0 Å². The van der Waals surface area contributed by atoms with Gasteiger partial charge >= 0.3 is 0 Å². The molecule has 0 bridgehead atoms. The lowest BCUT2D eigenvalue weighted by molar-refractivity contribution is 0.103. The summed E-state index contributed by atoms with van der Waals surface area (Å²) in [6.07, 6.45) is 0. The monoisotopic (exact) mass is 308 g/mol. The maximum Gasteiger partial charge on any atom is 0.196 e. The van der Waals surface area contributed by atoms with Crippen molar-refractivity contribution in [1.82, 2.24) is 0 Å². The summed E-state index contributed by atoms with van der Waals surface area (Å²) in [6.45, 7) is 1.75. The number of hydrogen-bond acceptors (Lipinski definition) is 3. The Morgan fingerprint density at radius 1 is 1.05 bits per heavy atom. The molecule has 0 aliphatic heterocycles. The highest BCUT2D eigenvalue weighted by Crippen LogP contribution is 2.31. The summed E-state index contributed by atoms with van der Waals surface area (Å²) in [5, 5.41) is 0.304. The van der Waals surface area contributed by atoms with E-state index in [9.17, 15) is 9.18 Å². The summed E-state index contributed by atoms with van der Waals surface area (Å²) >= 11 is 5.83. The van der Waals surface area contributed by atoms with Gasteiger partial charge in [0.2, 0.25) is 0 Å². The maximum atomic E-state index is 13.8. The first-order chi connectivity index (χ1) is 9.97. The van der Waals surface area contributed by atoms with Gasteiger partial charge in [0.05, 0.1) is 19.8 Å². The van der Waals surface area contributed by atoms with E-state index in [-0.39, 0.29) is 5.56 Å². The first kappa shape index (κ1) is 15.3. The third-order valence-corrected chi connectivity index (χ3v) is 3.38. The van der Waals surface area contributed by atoms with E-state index in [0.717, 1.165) is 0 Å². The molecular weight excluding hydrogens is 295 g/mol. The first-order valence-electron chi connectivity index (χ1n) is 6.20. The van der Waals surface area contributed by atoms with Crippen LogP contribution in [0.15, 0.2) is 30.3 Å². The number of rotatable bonds is 4. The molecule has 2 aromatic carbocycles. The van der Waals surface area contributed by atoms with Gasteiger partial charge in [0.1, 0.15) is 5.82 Å². The molecule has 0 N–H and O–H groups in total. The Hall–Kier alpha value is -2.07. The van der Waals surface area contributed by atoms with E-state index in [2.05, 4.69) is 0 Å². The lowest BCUT2D eigenvalue weighted by atomic mass is 9.98. The molecule has 0 aliphatic rings. The third kappa shape index (κ3) is 3.00. The van der Waals surface area contributed by atoms with E-state index in [0.29, 0.717) is 27.6 Å². The molecule has 2 rings (SSSR count). The van der Waals surface area contributed by atoms with E-state index in [4.69, 9.17) is 21.1 Å². The van der Waals surface area contributed by atoms with E-state index in [1.807, 2.05) is 0 Å². The molecule has 5 heteroatoms. The molecule has 0 saturated heterocycles. The minimum Gasteiger partial charge on any atom is -0.493 e. The van der Waals surface area contributed by atoms with Crippen LogP contribution in [0.5, 0.6) is 11.5 Å². The predicted molar refractivity (Wildman–Crippen MR) is 79.1 cm³/mol. The van der Waals surface area contributed by atoms with Gasteiger partial charge in [0, 0.05) is 10.6 Å². The van der Waals surface area contributed by atoms with Gasteiger partial charge in [0.15, 0.2) is 17.3 Å². The Morgan fingerprint density at radius 3 is 2.29 bits per heavy atom. The van der Waals surface area contributed by atoms with Gasteiger partial charge in [0.25, 0.3) is 0 Å². The zero-order valence-corrected chi connectivity index (χ0v) is 12.6. The van der Waals surface area contributed by atoms with Crippen LogP contribution >= 0.6 is 11.6 Å². The van der Waals surface area contributed by atoms with Crippen molar-refractivity contribution in [2.75, 3.05) is 14.2 Å². The largest absolute Gasteiger partial charge is 0.493 e. The number of aryl methyl sites for hydroxylation is 1. The quantitative estimate of drug-likeness (QED) is 0.800. The SMILES string of the molecule is COc1cc(C)c(C(=O)c2cc(Cl)ccc2F)cc1OC. The van der Waals surface area contributed by atoms with Crippen molar-refractivity contribution in [2.24, 2.45) is 0 Å². The number of carbonyl (C=O) groups excluding carboxylic acids is 1. The van der Waals surface area contributed by atoms with Crippen LogP contribution < -0.4 is 9.47 Å².